The number of nitrogens with zero attached hydrogens (tertiary/aromatic N) is 2. The van der Waals surface area contributed by atoms with Crippen LogP contribution in [0.3, 0.4) is 0 Å². The Labute approximate surface area is 148 Å². The van der Waals surface area contributed by atoms with Gasteiger partial charge in [0.2, 0.25) is 5.95 Å². The van der Waals surface area contributed by atoms with Crippen LogP contribution in [-0.2, 0) is 6.42 Å². The van der Waals surface area contributed by atoms with Crippen molar-refractivity contribution in [1.82, 2.24) is 15.3 Å². The van der Waals surface area contributed by atoms with Crippen molar-refractivity contribution in [3.63, 3.8) is 0 Å². The fourth-order valence-electron chi connectivity index (χ4n) is 3.05. The Kier molecular flexibility index (Phi) is 5.82. The topological polar surface area (TPSA) is 76.1 Å². The van der Waals surface area contributed by atoms with Gasteiger partial charge in [0.15, 0.2) is 0 Å². The van der Waals surface area contributed by atoms with Gasteiger partial charge in [-0.1, -0.05) is 25.0 Å². The number of methoxy groups -OCH3 is 1. The Morgan fingerprint density at radius 3 is 2.92 bits per heavy atom. The monoisotopic (exact) mass is 340 g/mol. The summed E-state index contributed by atoms with van der Waals surface area (Å²) in [5, 5.41) is 6.22. The number of benzene rings is 1. The smallest absolute Gasteiger partial charge is 0.270 e. The molecule has 1 aromatic heterocycles. The van der Waals surface area contributed by atoms with Crippen molar-refractivity contribution in [3.05, 3.63) is 47.8 Å². The minimum absolute atomic E-state index is 0.120. The molecule has 0 atom stereocenters. The molecular formula is C19H24N4O2. The number of carbonyl (C=O) groups is 1. The van der Waals surface area contributed by atoms with Gasteiger partial charge < -0.3 is 15.4 Å². The number of nitrogens with one attached hydrogen (secondary N) is 2. The fraction of sp³-hybridized carbons (Fsp3) is 0.421. The van der Waals surface area contributed by atoms with Crippen LogP contribution >= 0.6 is 0 Å². The fourth-order valence-corrected chi connectivity index (χ4v) is 3.05. The summed E-state index contributed by atoms with van der Waals surface area (Å²) >= 11 is 0. The summed E-state index contributed by atoms with van der Waals surface area (Å²) < 4.78 is 5.23. The predicted molar refractivity (Wildman–Crippen MR) is 96.9 cm³/mol. The number of ether oxygens (including phenoxy) is 1. The lowest BCUT2D eigenvalue weighted by Crippen LogP contribution is -2.33. The van der Waals surface area contributed by atoms with E-state index in [0.29, 0.717) is 18.2 Å². The number of hydrogen-bond acceptors (Lipinski definition) is 5. The van der Waals surface area contributed by atoms with Gasteiger partial charge in [0, 0.05) is 18.8 Å². The first-order valence-corrected chi connectivity index (χ1v) is 8.75. The van der Waals surface area contributed by atoms with E-state index in [1.165, 1.54) is 18.4 Å². The molecule has 1 aliphatic rings. The van der Waals surface area contributed by atoms with E-state index in [1.54, 1.807) is 19.4 Å². The molecule has 3 rings (SSSR count). The first-order chi connectivity index (χ1) is 12.2. The molecule has 25 heavy (non-hydrogen) atoms. The van der Waals surface area contributed by atoms with Gasteiger partial charge in [-0.15, -0.1) is 0 Å². The molecule has 0 unspecified atom stereocenters. The van der Waals surface area contributed by atoms with Gasteiger partial charge in [-0.05, 0) is 43.0 Å². The van der Waals surface area contributed by atoms with Gasteiger partial charge in [-0.2, -0.15) is 0 Å². The van der Waals surface area contributed by atoms with Gasteiger partial charge in [0.25, 0.3) is 5.91 Å². The molecule has 1 saturated carbocycles. The summed E-state index contributed by atoms with van der Waals surface area (Å²) in [5.41, 5.74) is 1.58. The van der Waals surface area contributed by atoms with Gasteiger partial charge in [-0.3, -0.25) is 4.79 Å². The molecule has 1 heterocycles. The number of amides is 1. The van der Waals surface area contributed by atoms with Crippen molar-refractivity contribution in [2.75, 3.05) is 19.0 Å². The molecular weight excluding hydrogens is 316 g/mol. The summed E-state index contributed by atoms with van der Waals surface area (Å²) in [6.07, 6.45) is 6.92. The Hall–Kier alpha value is -2.63. The zero-order chi connectivity index (χ0) is 17.5. The van der Waals surface area contributed by atoms with Crippen LogP contribution < -0.4 is 15.4 Å². The Morgan fingerprint density at radius 1 is 1.28 bits per heavy atom. The van der Waals surface area contributed by atoms with Crippen LogP contribution in [0.15, 0.2) is 36.5 Å². The molecule has 2 N–H and O–H groups in total. The first kappa shape index (κ1) is 17.2. The third-order valence-corrected chi connectivity index (χ3v) is 4.41. The molecule has 6 nitrogen and oxygen atoms in total. The van der Waals surface area contributed by atoms with E-state index in [4.69, 9.17) is 4.74 Å². The summed E-state index contributed by atoms with van der Waals surface area (Å²) in [6, 6.07) is 9.89. The molecule has 1 aromatic carbocycles. The molecule has 6 heteroatoms. The van der Waals surface area contributed by atoms with Crippen LogP contribution in [-0.4, -0.2) is 35.6 Å². The van der Waals surface area contributed by atoms with Gasteiger partial charge >= 0.3 is 0 Å². The maximum atomic E-state index is 12.3. The van der Waals surface area contributed by atoms with Gasteiger partial charge in [0.1, 0.15) is 11.4 Å². The molecule has 132 valence electrons. The van der Waals surface area contributed by atoms with E-state index in [2.05, 4.69) is 26.7 Å². The summed E-state index contributed by atoms with van der Waals surface area (Å²) in [5.74, 6) is 1.20. The van der Waals surface area contributed by atoms with Crippen LogP contribution in [0.25, 0.3) is 0 Å². The third kappa shape index (κ3) is 4.92. The second kappa shape index (κ2) is 8.46. The zero-order valence-electron chi connectivity index (χ0n) is 14.5. The van der Waals surface area contributed by atoms with Crippen LogP contribution in [0.5, 0.6) is 5.75 Å². The minimum Gasteiger partial charge on any atom is -0.497 e. The third-order valence-electron chi connectivity index (χ3n) is 4.41. The average molecular weight is 340 g/mol. The van der Waals surface area contributed by atoms with E-state index in [0.717, 1.165) is 25.0 Å². The number of anilines is 1. The number of carbonyl (C=O) groups excluding carboxylic acids is 1. The summed E-state index contributed by atoms with van der Waals surface area (Å²) in [6.45, 7) is 0.681. The predicted octanol–water partition coefficient (Wildman–Crippen LogP) is 2.81. The molecule has 0 aliphatic heterocycles. The first-order valence-electron chi connectivity index (χ1n) is 8.75. The van der Waals surface area contributed by atoms with Crippen LogP contribution in [0.4, 0.5) is 5.95 Å². The molecule has 0 spiro atoms. The highest BCUT2D eigenvalue weighted by atomic mass is 16.5. The van der Waals surface area contributed by atoms with Gasteiger partial charge in [0.05, 0.1) is 7.11 Å². The SMILES string of the molecule is COc1cccc(CCNc2nccc(C(=O)NC3CCCC3)n2)c1. The van der Waals surface area contributed by atoms with Crippen molar-refractivity contribution in [2.45, 2.75) is 38.1 Å². The Bertz CT molecular complexity index is 714. The van der Waals surface area contributed by atoms with E-state index in [-0.39, 0.29) is 11.9 Å². The van der Waals surface area contributed by atoms with E-state index < -0.39 is 0 Å². The molecule has 0 bridgehead atoms. The second-order valence-corrected chi connectivity index (χ2v) is 6.25. The van der Waals surface area contributed by atoms with Crippen LogP contribution in [0.2, 0.25) is 0 Å². The molecule has 0 radical (unpaired) electrons. The highest BCUT2D eigenvalue weighted by Crippen LogP contribution is 2.18. The van der Waals surface area contributed by atoms with E-state index in [1.807, 2.05) is 18.2 Å². The maximum Gasteiger partial charge on any atom is 0.270 e. The summed E-state index contributed by atoms with van der Waals surface area (Å²) in [4.78, 5) is 20.8. The minimum atomic E-state index is -0.120. The van der Waals surface area contributed by atoms with Crippen molar-refractivity contribution < 1.29 is 9.53 Å². The van der Waals surface area contributed by atoms with Crippen molar-refractivity contribution in [3.8, 4) is 5.75 Å². The van der Waals surface area contributed by atoms with Crippen molar-refractivity contribution in [2.24, 2.45) is 0 Å². The molecule has 0 saturated heterocycles. The highest BCUT2D eigenvalue weighted by molar-refractivity contribution is 5.92. The van der Waals surface area contributed by atoms with E-state index in [9.17, 15) is 4.79 Å². The molecule has 1 fully saturated rings. The van der Waals surface area contributed by atoms with Crippen molar-refractivity contribution >= 4 is 11.9 Å². The van der Waals surface area contributed by atoms with Crippen LogP contribution in [0.1, 0.15) is 41.7 Å². The van der Waals surface area contributed by atoms with Crippen molar-refractivity contribution in [1.29, 1.82) is 0 Å². The zero-order valence-corrected chi connectivity index (χ0v) is 14.5. The molecule has 1 aliphatic carbocycles. The molecule has 2 aromatic rings. The number of rotatable bonds is 7. The average Bonchev–Trinajstić information content (AvgIpc) is 3.15. The lowest BCUT2D eigenvalue weighted by atomic mass is 10.1. The Morgan fingerprint density at radius 2 is 2.12 bits per heavy atom. The maximum absolute atomic E-state index is 12.3. The highest BCUT2D eigenvalue weighted by Gasteiger charge is 2.18. The lowest BCUT2D eigenvalue weighted by molar-refractivity contribution is 0.0933. The standard InChI is InChI=1S/C19H24N4O2/c1-25-16-8-4-5-14(13-16)9-11-20-19-21-12-10-17(23-19)18(24)22-15-6-2-3-7-15/h4-5,8,10,12-13,15H,2-3,6-7,9,11H2,1H3,(H,22,24)(H,20,21,23). The quantitative estimate of drug-likeness (QED) is 0.810. The van der Waals surface area contributed by atoms with E-state index >= 15 is 0 Å². The summed E-state index contributed by atoms with van der Waals surface area (Å²) in [7, 11) is 1.66. The normalized spacial score (nSPS) is 14.3. The number of hydrogen-bond donors (Lipinski definition) is 2. The number of aromatic nitrogens is 2. The lowest BCUT2D eigenvalue weighted by Gasteiger charge is -2.12. The van der Waals surface area contributed by atoms with Crippen LogP contribution in [0, 0.1) is 0 Å². The molecule has 1 amide bonds. The van der Waals surface area contributed by atoms with Gasteiger partial charge in [-0.25, -0.2) is 9.97 Å². The second-order valence-electron chi connectivity index (χ2n) is 6.25. The Balaban J connectivity index is 1.53. The largest absolute Gasteiger partial charge is 0.497 e.